The van der Waals surface area contributed by atoms with Gasteiger partial charge in [-0.3, -0.25) is 9.44 Å². The fourth-order valence-electron chi connectivity index (χ4n) is 2.73. The van der Waals surface area contributed by atoms with Gasteiger partial charge in [0.15, 0.2) is 0 Å². The van der Waals surface area contributed by atoms with Crippen LogP contribution < -0.4 is 9.44 Å². The minimum atomic E-state index is -4.07. The number of nitrogens with one attached hydrogen (secondary N) is 2. The lowest BCUT2D eigenvalue weighted by Gasteiger charge is -2.15. The predicted molar refractivity (Wildman–Crippen MR) is 126 cm³/mol. The molecule has 0 radical (unpaired) electrons. The summed E-state index contributed by atoms with van der Waals surface area (Å²) < 4.78 is 57.6. The van der Waals surface area contributed by atoms with E-state index in [4.69, 9.17) is 23.2 Å². The average Bonchev–Trinajstić information content (AvgIpc) is 3.46. The predicted octanol–water partition coefficient (Wildman–Crippen LogP) is 4.84. The maximum absolute atomic E-state index is 13.0. The Labute approximate surface area is 198 Å². The van der Waals surface area contributed by atoms with Crippen LogP contribution in [0.1, 0.15) is 0 Å². The number of thiophene rings is 1. The second-order valence-corrected chi connectivity index (χ2v) is 11.8. The zero-order chi connectivity index (χ0) is 22.9. The molecule has 0 aliphatic carbocycles. The van der Waals surface area contributed by atoms with Crippen molar-refractivity contribution in [2.45, 2.75) is 9.10 Å². The molecule has 4 aromatic rings. The molecule has 32 heavy (non-hydrogen) atoms. The Hall–Kier alpha value is -2.57. The number of aromatic nitrogens is 2. The molecule has 2 aromatic carbocycles. The average molecular weight is 529 g/mol. The molecule has 8 nitrogen and oxygen atoms in total. The van der Waals surface area contributed by atoms with E-state index in [9.17, 15) is 16.8 Å². The molecule has 0 atom stereocenters. The summed E-state index contributed by atoms with van der Waals surface area (Å²) in [7, 11) is -8.02. The molecule has 2 heterocycles. The molecule has 0 aliphatic heterocycles. The molecule has 0 saturated carbocycles. The van der Waals surface area contributed by atoms with Crippen LogP contribution in [0.25, 0.3) is 5.69 Å². The molecule has 0 spiro atoms. The molecule has 0 saturated heterocycles. The number of anilines is 2. The van der Waals surface area contributed by atoms with Crippen LogP contribution in [-0.4, -0.2) is 26.6 Å². The van der Waals surface area contributed by atoms with Crippen LogP contribution in [0.5, 0.6) is 0 Å². The first-order valence-electron chi connectivity index (χ1n) is 8.84. The highest BCUT2D eigenvalue weighted by molar-refractivity contribution is 7.94. The van der Waals surface area contributed by atoms with Crippen molar-refractivity contribution in [1.82, 2.24) is 9.78 Å². The Balaban J connectivity index is 1.66. The quantitative estimate of drug-likeness (QED) is 0.356. The monoisotopic (exact) mass is 528 g/mol. The lowest BCUT2D eigenvalue weighted by molar-refractivity contribution is 0.599. The van der Waals surface area contributed by atoms with Crippen molar-refractivity contribution in [1.29, 1.82) is 0 Å². The van der Waals surface area contributed by atoms with Gasteiger partial charge in [-0.2, -0.15) is 5.10 Å². The molecule has 13 heteroatoms. The van der Waals surface area contributed by atoms with Crippen LogP contribution in [0.2, 0.25) is 10.0 Å². The van der Waals surface area contributed by atoms with Gasteiger partial charge in [0.05, 0.1) is 32.0 Å². The first kappa shape index (κ1) is 22.6. The molecule has 0 unspecified atom stereocenters. The molecule has 4 rings (SSSR count). The summed E-state index contributed by atoms with van der Waals surface area (Å²) >= 11 is 13.1. The maximum Gasteiger partial charge on any atom is 0.271 e. The molecule has 166 valence electrons. The summed E-state index contributed by atoms with van der Waals surface area (Å²) in [4.78, 5) is -0.0356. The van der Waals surface area contributed by atoms with Gasteiger partial charge in [0, 0.05) is 12.4 Å². The number of rotatable bonds is 7. The number of nitrogens with zero attached hydrogens (tertiary/aromatic N) is 2. The van der Waals surface area contributed by atoms with Crippen molar-refractivity contribution in [2.75, 3.05) is 9.44 Å². The van der Waals surface area contributed by atoms with E-state index in [-0.39, 0.29) is 30.5 Å². The van der Waals surface area contributed by atoms with Crippen molar-refractivity contribution >= 4 is 66.0 Å². The van der Waals surface area contributed by atoms with E-state index >= 15 is 0 Å². The van der Waals surface area contributed by atoms with E-state index < -0.39 is 20.0 Å². The second kappa shape index (κ2) is 8.75. The second-order valence-electron chi connectivity index (χ2n) is 6.40. The van der Waals surface area contributed by atoms with Crippen LogP contribution >= 0.6 is 34.5 Å². The molecule has 0 fully saturated rings. The topological polar surface area (TPSA) is 110 Å². The Bertz CT molecular complexity index is 1450. The summed E-state index contributed by atoms with van der Waals surface area (Å²) in [6.07, 6.45) is 3.33. The Morgan fingerprint density at radius 3 is 2.00 bits per heavy atom. The normalized spacial score (nSPS) is 11.9. The van der Waals surface area contributed by atoms with Crippen LogP contribution in [0.3, 0.4) is 0 Å². The van der Waals surface area contributed by atoms with Gasteiger partial charge in [0.2, 0.25) is 0 Å². The fourth-order valence-corrected chi connectivity index (χ4v) is 6.19. The molecule has 2 N–H and O–H groups in total. The molecule has 0 bridgehead atoms. The van der Waals surface area contributed by atoms with Crippen LogP contribution in [0, 0.1) is 0 Å². The SMILES string of the molecule is O=S(=O)(Nc1cc(Cl)c(Cl)cc1NS(=O)(=O)c1cccs1)c1ccc(-n2cccn2)cc1. The van der Waals surface area contributed by atoms with Crippen LogP contribution in [-0.2, 0) is 20.0 Å². The van der Waals surface area contributed by atoms with Crippen LogP contribution in [0.4, 0.5) is 11.4 Å². The third kappa shape index (κ3) is 4.76. The van der Waals surface area contributed by atoms with Gasteiger partial charge < -0.3 is 0 Å². The first-order valence-corrected chi connectivity index (χ1v) is 13.4. The molecular weight excluding hydrogens is 515 g/mol. The summed E-state index contributed by atoms with van der Waals surface area (Å²) in [6.45, 7) is 0. The highest BCUT2D eigenvalue weighted by Gasteiger charge is 2.22. The number of halogens is 2. The van der Waals surface area contributed by atoms with E-state index in [2.05, 4.69) is 14.5 Å². The Morgan fingerprint density at radius 2 is 1.47 bits per heavy atom. The van der Waals surface area contributed by atoms with E-state index in [0.29, 0.717) is 5.69 Å². The van der Waals surface area contributed by atoms with Gasteiger partial charge in [-0.05, 0) is 53.9 Å². The third-order valence-corrected chi connectivity index (χ3v) is 9.09. The minimum absolute atomic E-state index is 0.0356. The zero-order valence-corrected chi connectivity index (χ0v) is 19.9. The van der Waals surface area contributed by atoms with Gasteiger partial charge in [0.25, 0.3) is 20.0 Å². The fraction of sp³-hybridized carbons (Fsp3) is 0. The van der Waals surface area contributed by atoms with E-state index in [1.807, 2.05) is 0 Å². The van der Waals surface area contributed by atoms with Crippen molar-refractivity contribution in [3.05, 3.63) is 82.4 Å². The van der Waals surface area contributed by atoms with Gasteiger partial charge in [-0.25, -0.2) is 21.5 Å². The molecule has 0 aliphatic rings. The van der Waals surface area contributed by atoms with Crippen molar-refractivity contribution in [3.8, 4) is 5.69 Å². The van der Waals surface area contributed by atoms with Gasteiger partial charge in [0.1, 0.15) is 4.21 Å². The standard InChI is InChI=1S/C19H14Cl2N4O4S3/c20-15-11-17(18(12-16(15)21)24-32(28,29)19-3-1-10-30-19)23-31(26,27)14-6-4-13(5-7-14)25-9-2-8-22-25/h1-12,23-24H. The third-order valence-electron chi connectivity index (χ3n) is 4.22. The summed E-state index contributed by atoms with van der Waals surface area (Å²) in [5, 5.41) is 5.81. The highest BCUT2D eigenvalue weighted by atomic mass is 35.5. The summed E-state index contributed by atoms with van der Waals surface area (Å²) in [5.41, 5.74) is 0.535. The Morgan fingerprint density at radius 1 is 0.844 bits per heavy atom. The van der Waals surface area contributed by atoms with E-state index in [0.717, 1.165) is 11.3 Å². The lowest BCUT2D eigenvalue weighted by Crippen LogP contribution is -2.17. The lowest BCUT2D eigenvalue weighted by atomic mass is 10.3. The Kier molecular flexibility index (Phi) is 6.19. The van der Waals surface area contributed by atoms with E-state index in [1.54, 1.807) is 46.7 Å². The number of hydrogen-bond donors (Lipinski definition) is 2. The van der Waals surface area contributed by atoms with Crippen molar-refractivity contribution in [3.63, 3.8) is 0 Å². The van der Waals surface area contributed by atoms with Gasteiger partial charge in [-0.15, -0.1) is 11.3 Å². The first-order chi connectivity index (χ1) is 15.2. The summed E-state index contributed by atoms with van der Waals surface area (Å²) in [5.74, 6) is 0. The van der Waals surface area contributed by atoms with Gasteiger partial charge >= 0.3 is 0 Å². The zero-order valence-electron chi connectivity index (χ0n) is 15.9. The smallest absolute Gasteiger partial charge is 0.271 e. The molecule has 0 amide bonds. The van der Waals surface area contributed by atoms with E-state index in [1.165, 1.54) is 30.3 Å². The number of benzene rings is 2. The van der Waals surface area contributed by atoms with Crippen LogP contribution in [0.15, 0.2) is 81.5 Å². The van der Waals surface area contributed by atoms with Crippen molar-refractivity contribution < 1.29 is 16.8 Å². The molecule has 2 aromatic heterocycles. The largest absolute Gasteiger partial charge is 0.277 e. The summed E-state index contributed by atoms with van der Waals surface area (Å²) in [6, 6.07) is 13.3. The molecular formula is C19H14Cl2N4O4S3. The highest BCUT2D eigenvalue weighted by Crippen LogP contribution is 2.35. The number of sulfonamides is 2. The van der Waals surface area contributed by atoms with Gasteiger partial charge in [-0.1, -0.05) is 29.3 Å². The van der Waals surface area contributed by atoms with Crippen molar-refractivity contribution in [2.24, 2.45) is 0 Å². The maximum atomic E-state index is 13.0. The minimum Gasteiger partial charge on any atom is -0.277 e. The number of hydrogen-bond acceptors (Lipinski definition) is 6.